The molecule has 0 atom stereocenters. The van der Waals surface area contributed by atoms with Crippen LogP contribution in [0.5, 0.6) is 0 Å². The molecule has 0 aliphatic heterocycles. The number of nitrogens with zero attached hydrogens (tertiary/aromatic N) is 1. The van der Waals surface area contributed by atoms with Crippen LogP contribution in [0.2, 0.25) is 0 Å². The molecule has 2 rings (SSSR count). The molecule has 0 heterocycles. The minimum Gasteiger partial charge on any atom is -0.266 e. The van der Waals surface area contributed by atoms with Gasteiger partial charge in [0, 0.05) is 6.54 Å². The van der Waals surface area contributed by atoms with Crippen LogP contribution in [-0.2, 0) is 10.0 Å². The van der Waals surface area contributed by atoms with Crippen LogP contribution in [0, 0.1) is 19.8 Å². The van der Waals surface area contributed by atoms with E-state index >= 15 is 0 Å². The van der Waals surface area contributed by atoms with E-state index in [4.69, 9.17) is 0 Å². The van der Waals surface area contributed by atoms with Gasteiger partial charge in [0.05, 0.1) is 10.6 Å². The fraction of sp³-hybridized carbons (Fsp3) is 0.333. The van der Waals surface area contributed by atoms with Crippen molar-refractivity contribution in [2.45, 2.75) is 32.6 Å². The third-order valence-electron chi connectivity index (χ3n) is 3.48. The molecule has 0 spiro atoms. The summed E-state index contributed by atoms with van der Waals surface area (Å²) in [4.78, 5) is 0.329. The largest absolute Gasteiger partial charge is 0.266 e. The van der Waals surface area contributed by atoms with Crippen molar-refractivity contribution in [1.82, 2.24) is 0 Å². The SMILES string of the molecule is Cc1ccc(N(CC(C)C)S(=O)(=O)c2ccccc2)c(C)c1. The number of anilines is 1. The molecule has 0 aliphatic rings. The van der Waals surface area contributed by atoms with Gasteiger partial charge in [-0.05, 0) is 43.5 Å². The third-order valence-corrected chi connectivity index (χ3v) is 5.28. The molecule has 0 unspecified atom stereocenters. The van der Waals surface area contributed by atoms with Crippen molar-refractivity contribution in [3.63, 3.8) is 0 Å². The molecule has 0 N–H and O–H groups in total. The maximum absolute atomic E-state index is 13.0. The highest BCUT2D eigenvalue weighted by atomic mass is 32.2. The summed E-state index contributed by atoms with van der Waals surface area (Å²) in [5, 5.41) is 0. The van der Waals surface area contributed by atoms with Crippen LogP contribution in [0.1, 0.15) is 25.0 Å². The first-order chi connectivity index (χ1) is 10.3. The number of rotatable bonds is 5. The quantitative estimate of drug-likeness (QED) is 0.830. The first-order valence-electron chi connectivity index (χ1n) is 7.47. The van der Waals surface area contributed by atoms with Crippen molar-refractivity contribution in [1.29, 1.82) is 0 Å². The monoisotopic (exact) mass is 317 g/mol. The highest BCUT2D eigenvalue weighted by molar-refractivity contribution is 7.92. The minimum absolute atomic E-state index is 0.235. The van der Waals surface area contributed by atoms with Crippen molar-refractivity contribution < 1.29 is 8.42 Å². The van der Waals surface area contributed by atoms with E-state index in [1.54, 1.807) is 24.3 Å². The average molecular weight is 317 g/mol. The van der Waals surface area contributed by atoms with Crippen molar-refractivity contribution >= 4 is 15.7 Å². The summed E-state index contributed by atoms with van der Waals surface area (Å²) in [6, 6.07) is 14.5. The van der Waals surface area contributed by atoms with Gasteiger partial charge in [-0.1, -0.05) is 49.7 Å². The average Bonchev–Trinajstić information content (AvgIpc) is 2.46. The predicted molar refractivity (Wildman–Crippen MR) is 91.7 cm³/mol. The summed E-state index contributed by atoms with van der Waals surface area (Å²) in [6.45, 7) is 8.47. The lowest BCUT2D eigenvalue weighted by Crippen LogP contribution is -2.34. The Morgan fingerprint density at radius 2 is 1.64 bits per heavy atom. The van der Waals surface area contributed by atoms with Crippen molar-refractivity contribution in [2.24, 2.45) is 5.92 Å². The summed E-state index contributed by atoms with van der Waals surface area (Å²) in [7, 11) is -3.55. The van der Waals surface area contributed by atoms with E-state index < -0.39 is 10.0 Å². The zero-order valence-corrected chi connectivity index (χ0v) is 14.4. The van der Waals surface area contributed by atoms with Crippen molar-refractivity contribution in [2.75, 3.05) is 10.8 Å². The molecule has 3 nitrogen and oxygen atoms in total. The molecule has 2 aromatic rings. The zero-order valence-electron chi connectivity index (χ0n) is 13.6. The molecule has 0 saturated heterocycles. The van der Waals surface area contributed by atoms with Gasteiger partial charge in [0.2, 0.25) is 0 Å². The van der Waals surface area contributed by atoms with Crippen molar-refractivity contribution in [3.8, 4) is 0 Å². The first kappa shape index (κ1) is 16.6. The van der Waals surface area contributed by atoms with E-state index in [0.717, 1.165) is 16.8 Å². The van der Waals surface area contributed by atoms with E-state index in [-0.39, 0.29) is 5.92 Å². The maximum atomic E-state index is 13.0. The van der Waals surface area contributed by atoms with E-state index in [2.05, 4.69) is 0 Å². The number of sulfonamides is 1. The topological polar surface area (TPSA) is 37.4 Å². The van der Waals surface area contributed by atoms with Crippen LogP contribution < -0.4 is 4.31 Å². The lowest BCUT2D eigenvalue weighted by atomic mass is 10.1. The second-order valence-corrected chi connectivity index (χ2v) is 7.90. The molecule has 22 heavy (non-hydrogen) atoms. The Bertz CT molecular complexity index is 737. The molecule has 118 valence electrons. The zero-order chi connectivity index (χ0) is 16.3. The highest BCUT2D eigenvalue weighted by Gasteiger charge is 2.26. The molecule has 4 heteroatoms. The summed E-state index contributed by atoms with van der Waals surface area (Å²) in [5.74, 6) is 0.235. The van der Waals surface area contributed by atoms with Gasteiger partial charge in [0.15, 0.2) is 0 Å². The van der Waals surface area contributed by atoms with E-state index in [1.165, 1.54) is 4.31 Å². The van der Waals surface area contributed by atoms with Gasteiger partial charge in [0.1, 0.15) is 0 Å². The van der Waals surface area contributed by atoms with Gasteiger partial charge in [-0.3, -0.25) is 4.31 Å². The molecular weight excluding hydrogens is 294 g/mol. The molecule has 2 aromatic carbocycles. The summed E-state index contributed by atoms with van der Waals surface area (Å²) < 4.78 is 27.6. The second-order valence-electron chi connectivity index (χ2n) is 6.03. The van der Waals surface area contributed by atoms with Gasteiger partial charge < -0.3 is 0 Å². The lowest BCUT2D eigenvalue weighted by Gasteiger charge is -2.28. The molecule has 0 aliphatic carbocycles. The third kappa shape index (κ3) is 3.50. The molecular formula is C18H23NO2S. The van der Waals surface area contributed by atoms with Gasteiger partial charge in [-0.25, -0.2) is 8.42 Å². The Morgan fingerprint density at radius 3 is 2.18 bits per heavy atom. The fourth-order valence-electron chi connectivity index (χ4n) is 2.46. The van der Waals surface area contributed by atoms with Crippen LogP contribution in [0.3, 0.4) is 0 Å². The Morgan fingerprint density at radius 1 is 1.00 bits per heavy atom. The first-order valence-corrected chi connectivity index (χ1v) is 8.91. The standard InChI is InChI=1S/C18H23NO2S/c1-14(2)13-19(18-11-10-15(3)12-16(18)4)22(20,21)17-8-6-5-7-9-17/h5-12,14H,13H2,1-4H3. The Balaban J connectivity index is 2.55. The van der Waals surface area contributed by atoms with Gasteiger partial charge >= 0.3 is 0 Å². The van der Waals surface area contributed by atoms with Crippen LogP contribution in [-0.4, -0.2) is 15.0 Å². The summed E-state index contributed by atoms with van der Waals surface area (Å²) in [6.07, 6.45) is 0. The lowest BCUT2D eigenvalue weighted by molar-refractivity contribution is 0.577. The fourth-order valence-corrected chi connectivity index (χ4v) is 4.18. The molecule has 0 bridgehead atoms. The molecule has 0 aromatic heterocycles. The highest BCUT2D eigenvalue weighted by Crippen LogP contribution is 2.28. The van der Waals surface area contributed by atoms with Crippen LogP contribution in [0.15, 0.2) is 53.4 Å². The number of hydrogen-bond donors (Lipinski definition) is 0. The number of aryl methyl sites for hydroxylation is 2. The van der Waals surface area contributed by atoms with E-state index in [9.17, 15) is 8.42 Å². The minimum atomic E-state index is -3.55. The molecule has 0 amide bonds. The van der Waals surface area contributed by atoms with Crippen molar-refractivity contribution in [3.05, 3.63) is 59.7 Å². The van der Waals surface area contributed by atoms with E-state index in [0.29, 0.717) is 11.4 Å². The smallest absolute Gasteiger partial charge is 0.264 e. The van der Waals surface area contributed by atoms with Gasteiger partial charge in [-0.15, -0.1) is 0 Å². The molecule has 0 radical (unpaired) electrons. The maximum Gasteiger partial charge on any atom is 0.264 e. The molecule has 0 fully saturated rings. The summed E-state index contributed by atoms with van der Waals surface area (Å²) >= 11 is 0. The van der Waals surface area contributed by atoms with E-state index in [1.807, 2.05) is 52.0 Å². The number of hydrogen-bond acceptors (Lipinski definition) is 2. The second kappa shape index (κ2) is 6.53. The van der Waals surface area contributed by atoms with Gasteiger partial charge in [-0.2, -0.15) is 0 Å². The normalized spacial score (nSPS) is 11.7. The van der Waals surface area contributed by atoms with Crippen LogP contribution in [0.25, 0.3) is 0 Å². The molecule has 0 saturated carbocycles. The Kier molecular flexibility index (Phi) is 4.91. The summed E-state index contributed by atoms with van der Waals surface area (Å²) in [5.41, 5.74) is 2.85. The van der Waals surface area contributed by atoms with Crippen LogP contribution >= 0.6 is 0 Å². The Hall–Kier alpha value is -1.81. The van der Waals surface area contributed by atoms with Crippen LogP contribution in [0.4, 0.5) is 5.69 Å². The predicted octanol–water partition coefficient (Wildman–Crippen LogP) is 4.15. The van der Waals surface area contributed by atoms with Gasteiger partial charge in [0.25, 0.3) is 10.0 Å². The Labute approximate surface area is 133 Å². The number of benzene rings is 2.